The number of carbonyl (C=O) groups excluding carboxylic acids is 2. The van der Waals surface area contributed by atoms with Gasteiger partial charge in [0.15, 0.2) is 5.11 Å². The largest absolute Gasteiger partial charge is 0.496 e. The van der Waals surface area contributed by atoms with Crippen LogP contribution in [0.4, 0.5) is 5.69 Å². The van der Waals surface area contributed by atoms with Crippen molar-refractivity contribution >= 4 is 56.8 Å². The molecule has 1 N–H and O–H groups in total. The first kappa shape index (κ1) is 19.1. The summed E-state index contributed by atoms with van der Waals surface area (Å²) in [7, 11) is 3.06. The van der Waals surface area contributed by atoms with Crippen LogP contribution in [0, 0.1) is 0 Å². The number of methoxy groups -OCH3 is 2. The van der Waals surface area contributed by atoms with E-state index < -0.39 is 11.8 Å². The Morgan fingerprint density at radius 2 is 1.78 bits per heavy atom. The number of nitrogens with zero attached hydrogens (tertiary/aromatic N) is 1. The fraction of sp³-hybridized carbons (Fsp3) is 0.105. The monoisotopic (exact) mass is 446 g/mol. The van der Waals surface area contributed by atoms with Gasteiger partial charge in [-0.25, -0.2) is 4.90 Å². The van der Waals surface area contributed by atoms with Gasteiger partial charge in [0.2, 0.25) is 0 Å². The van der Waals surface area contributed by atoms with Crippen LogP contribution >= 0.6 is 28.1 Å². The standard InChI is InChI=1S/C19H15BrN2O4S/c1-25-15-8-7-11(10-13(15)20)9-12-17(23)21-19(27)22(18(12)24)14-5-3-4-6-16(14)26-2/h3-10H,1-2H3,(H,21,23,27)/b12-9+. The van der Waals surface area contributed by atoms with Gasteiger partial charge in [-0.1, -0.05) is 18.2 Å². The van der Waals surface area contributed by atoms with Gasteiger partial charge in [0, 0.05) is 0 Å². The molecule has 0 spiro atoms. The minimum absolute atomic E-state index is 0.00237. The lowest BCUT2D eigenvalue weighted by molar-refractivity contribution is -0.122. The second kappa shape index (κ2) is 7.89. The summed E-state index contributed by atoms with van der Waals surface area (Å²) in [6.07, 6.45) is 1.51. The van der Waals surface area contributed by atoms with E-state index in [-0.39, 0.29) is 10.7 Å². The van der Waals surface area contributed by atoms with E-state index >= 15 is 0 Å². The highest BCUT2D eigenvalue weighted by Crippen LogP contribution is 2.31. The number of amides is 2. The van der Waals surface area contributed by atoms with Gasteiger partial charge in [0.1, 0.15) is 17.1 Å². The highest BCUT2D eigenvalue weighted by atomic mass is 79.9. The third kappa shape index (κ3) is 3.72. The molecule has 2 aromatic carbocycles. The predicted octanol–water partition coefficient (Wildman–Crippen LogP) is 3.30. The third-order valence-electron chi connectivity index (χ3n) is 3.91. The molecule has 0 atom stereocenters. The Morgan fingerprint density at radius 3 is 2.44 bits per heavy atom. The Hall–Kier alpha value is -2.71. The van der Waals surface area contributed by atoms with Crippen LogP contribution in [0.15, 0.2) is 52.5 Å². The molecule has 0 saturated carbocycles. The minimum Gasteiger partial charge on any atom is -0.496 e. The summed E-state index contributed by atoms with van der Waals surface area (Å²) in [5, 5.41) is 2.56. The number of benzene rings is 2. The molecular weight excluding hydrogens is 432 g/mol. The number of anilines is 1. The number of ether oxygens (including phenoxy) is 2. The molecule has 3 rings (SSSR count). The molecular formula is C19H15BrN2O4S. The zero-order chi connectivity index (χ0) is 19.6. The molecule has 1 aliphatic heterocycles. The number of thiocarbonyl (C=S) groups is 1. The average Bonchev–Trinajstić information content (AvgIpc) is 2.65. The second-order valence-electron chi connectivity index (χ2n) is 5.52. The van der Waals surface area contributed by atoms with Gasteiger partial charge < -0.3 is 9.47 Å². The SMILES string of the molecule is COc1ccc(/C=C2\C(=O)NC(=S)N(c3ccccc3OC)C2=O)cc1Br. The molecule has 0 bridgehead atoms. The number of hydrogen-bond donors (Lipinski definition) is 1. The van der Waals surface area contributed by atoms with Gasteiger partial charge in [-0.2, -0.15) is 0 Å². The Labute approximate surface area is 169 Å². The van der Waals surface area contributed by atoms with E-state index in [2.05, 4.69) is 21.2 Å². The highest BCUT2D eigenvalue weighted by Gasteiger charge is 2.35. The van der Waals surface area contributed by atoms with E-state index in [1.807, 2.05) is 0 Å². The Kier molecular flexibility index (Phi) is 5.57. The van der Waals surface area contributed by atoms with Crippen LogP contribution in [-0.2, 0) is 9.59 Å². The van der Waals surface area contributed by atoms with Crippen molar-refractivity contribution < 1.29 is 19.1 Å². The topological polar surface area (TPSA) is 67.9 Å². The summed E-state index contributed by atoms with van der Waals surface area (Å²) in [5.74, 6) is 0.0348. The van der Waals surface area contributed by atoms with Gasteiger partial charge in [-0.3, -0.25) is 14.9 Å². The average molecular weight is 447 g/mol. The van der Waals surface area contributed by atoms with Crippen molar-refractivity contribution in [1.29, 1.82) is 0 Å². The van der Waals surface area contributed by atoms with Gasteiger partial charge in [0.25, 0.3) is 11.8 Å². The summed E-state index contributed by atoms with van der Waals surface area (Å²) in [6, 6.07) is 12.2. The summed E-state index contributed by atoms with van der Waals surface area (Å²) in [5.41, 5.74) is 1.08. The first-order valence-electron chi connectivity index (χ1n) is 7.84. The number of carbonyl (C=O) groups is 2. The van der Waals surface area contributed by atoms with Crippen LogP contribution in [0.5, 0.6) is 11.5 Å². The smallest absolute Gasteiger partial charge is 0.270 e. The van der Waals surface area contributed by atoms with Crippen LogP contribution in [-0.4, -0.2) is 31.1 Å². The molecule has 6 nitrogen and oxygen atoms in total. The predicted molar refractivity (Wildman–Crippen MR) is 110 cm³/mol. The first-order chi connectivity index (χ1) is 13.0. The Balaban J connectivity index is 2.03. The molecule has 2 aromatic rings. The maximum absolute atomic E-state index is 13.0. The van der Waals surface area contributed by atoms with Crippen molar-refractivity contribution in [2.45, 2.75) is 0 Å². The van der Waals surface area contributed by atoms with E-state index in [1.165, 1.54) is 18.1 Å². The number of hydrogen-bond acceptors (Lipinski definition) is 5. The van der Waals surface area contributed by atoms with E-state index in [0.29, 0.717) is 27.2 Å². The molecule has 0 unspecified atom stereocenters. The zero-order valence-corrected chi connectivity index (χ0v) is 16.9. The molecule has 138 valence electrons. The molecule has 1 saturated heterocycles. The lowest BCUT2D eigenvalue weighted by Crippen LogP contribution is -2.54. The molecule has 0 radical (unpaired) electrons. The summed E-state index contributed by atoms with van der Waals surface area (Å²) < 4.78 is 11.2. The molecule has 2 amide bonds. The third-order valence-corrected chi connectivity index (χ3v) is 4.82. The summed E-state index contributed by atoms with van der Waals surface area (Å²) in [6.45, 7) is 0. The fourth-order valence-electron chi connectivity index (χ4n) is 2.63. The van der Waals surface area contributed by atoms with Crippen molar-refractivity contribution in [2.24, 2.45) is 0 Å². The fourth-order valence-corrected chi connectivity index (χ4v) is 3.46. The van der Waals surface area contributed by atoms with Crippen molar-refractivity contribution in [2.75, 3.05) is 19.1 Å². The molecule has 0 aliphatic carbocycles. The Bertz CT molecular complexity index is 974. The van der Waals surface area contributed by atoms with Crippen LogP contribution in [0.1, 0.15) is 5.56 Å². The van der Waals surface area contributed by atoms with Crippen LogP contribution < -0.4 is 19.7 Å². The van der Waals surface area contributed by atoms with Crippen LogP contribution in [0.3, 0.4) is 0 Å². The number of rotatable bonds is 4. The van der Waals surface area contributed by atoms with Gasteiger partial charge in [-0.15, -0.1) is 0 Å². The molecule has 1 heterocycles. The van der Waals surface area contributed by atoms with E-state index in [1.54, 1.807) is 49.6 Å². The van der Waals surface area contributed by atoms with Crippen LogP contribution in [0.2, 0.25) is 0 Å². The van der Waals surface area contributed by atoms with Gasteiger partial charge in [0.05, 0.1) is 24.4 Å². The van der Waals surface area contributed by atoms with Gasteiger partial charge in [-0.05, 0) is 64.1 Å². The maximum atomic E-state index is 13.0. The van der Waals surface area contributed by atoms with E-state index in [0.717, 1.165) is 0 Å². The summed E-state index contributed by atoms with van der Waals surface area (Å²) >= 11 is 8.60. The molecule has 1 fully saturated rings. The zero-order valence-electron chi connectivity index (χ0n) is 14.5. The number of nitrogens with one attached hydrogen (secondary N) is 1. The highest BCUT2D eigenvalue weighted by molar-refractivity contribution is 9.10. The van der Waals surface area contributed by atoms with E-state index in [4.69, 9.17) is 21.7 Å². The molecule has 0 aromatic heterocycles. The normalized spacial score (nSPS) is 15.7. The van der Waals surface area contributed by atoms with E-state index in [9.17, 15) is 9.59 Å². The quantitative estimate of drug-likeness (QED) is 0.443. The van der Waals surface area contributed by atoms with Crippen molar-refractivity contribution in [3.8, 4) is 11.5 Å². The Morgan fingerprint density at radius 1 is 1.07 bits per heavy atom. The van der Waals surface area contributed by atoms with Crippen molar-refractivity contribution in [1.82, 2.24) is 5.32 Å². The molecule has 8 heteroatoms. The first-order valence-corrected chi connectivity index (χ1v) is 9.04. The van der Waals surface area contributed by atoms with Gasteiger partial charge >= 0.3 is 0 Å². The summed E-state index contributed by atoms with van der Waals surface area (Å²) in [4.78, 5) is 26.7. The number of para-hydroxylation sites is 2. The maximum Gasteiger partial charge on any atom is 0.270 e. The molecule has 27 heavy (non-hydrogen) atoms. The lowest BCUT2D eigenvalue weighted by Gasteiger charge is -2.29. The van der Waals surface area contributed by atoms with Crippen molar-refractivity contribution in [3.63, 3.8) is 0 Å². The lowest BCUT2D eigenvalue weighted by atomic mass is 10.1. The second-order valence-corrected chi connectivity index (χ2v) is 6.76. The number of halogens is 1. The molecule has 1 aliphatic rings. The van der Waals surface area contributed by atoms with Crippen molar-refractivity contribution in [3.05, 3.63) is 58.1 Å². The van der Waals surface area contributed by atoms with Crippen LogP contribution in [0.25, 0.3) is 6.08 Å². The minimum atomic E-state index is -0.553.